The molecule has 0 aliphatic rings. The first kappa shape index (κ1) is 12.9. The van der Waals surface area contributed by atoms with Crippen molar-refractivity contribution >= 4 is 0 Å². The molecule has 0 spiro atoms. The first-order valence-electron chi connectivity index (χ1n) is 5.80. The Bertz CT molecular complexity index is 306. The lowest BCUT2D eigenvalue weighted by molar-refractivity contribution is -0.00587. The van der Waals surface area contributed by atoms with Gasteiger partial charge in [0.15, 0.2) is 0 Å². The van der Waals surface area contributed by atoms with Crippen LogP contribution in [0.5, 0.6) is 0 Å². The Kier molecular flexibility index (Phi) is 5.83. The summed E-state index contributed by atoms with van der Waals surface area (Å²) in [4.78, 5) is 0. The van der Waals surface area contributed by atoms with Crippen LogP contribution in [0.4, 0.5) is 0 Å². The van der Waals surface area contributed by atoms with Gasteiger partial charge in [0.25, 0.3) is 0 Å². The van der Waals surface area contributed by atoms with E-state index in [0.717, 1.165) is 12.0 Å². The Balaban J connectivity index is 2.74. The third kappa shape index (κ3) is 3.80. The number of allylic oxidation sites excluding steroid dienone is 1. The molecule has 1 aromatic rings. The summed E-state index contributed by atoms with van der Waals surface area (Å²) in [5.41, 5.74) is 0.890. The van der Waals surface area contributed by atoms with Crippen LogP contribution in [-0.4, -0.2) is 17.8 Å². The molecule has 0 aliphatic heterocycles. The quantitative estimate of drug-likeness (QED) is 0.746. The van der Waals surface area contributed by atoms with Gasteiger partial charge in [0.05, 0.1) is 0 Å². The Morgan fingerprint density at radius 2 is 1.94 bits per heavy atom. The van der Waals surface area contributed by atoms with Crippen LogP contribution >= 0.6 is 0 Å². The lowest BCUT2D eigenvalue weighted by Gasteiger charge is -2.20. The topological polar surface area (TPSA) is 29.5 Å². The highest BCUT2D eigenvalue weighted by Gasteiger charge is 2.17. The normalized spacial score (nSPS) is 15.2. The fourth-order valence-electron chi connectivity index (χ4n) is 1.55. The summed E-state index contributed by atoms with van der Waals surface area (Å²) in [6.45, 7) is 4.60. The van der Waals surface area contributed by atoms with Crippen molar-refractivity contribution in [2.45, 2.75) is 32.5 Å². The minimum absolute atomic E-state index is 0.257. The van der Waals surface area contributed by atoms with E-state index in [1.807, 2.05) is 49.4 Å². The molecule has 0 heterocycles. The van der Waals surface area contributed by atoms with Gasteiger partial charge in [-0.3, -0.25) is 0 Å². The van der Waals surface area contributed by atoms with Gasteiger partial charge in [-0.15, -0.1) is 0 Å². The van der Waals surface area contributed by atoms with Crippen molar-refractivity contribution in [3.63, 3.8) is 0 Å². The number of rotatable bonds is 6. The van der Waals surface area contributed by atoms with E-state index in [1.54, 1.807) is 0 Å². The van der Waals surface area contributed by atoms with Crippen molar-refractivity contribution in [3.8, 4) is 0 Å². The van der Waals surface area contributed by atoms with Gasteiger partial charge in [-0.25, -0.2) is 0 Å². The van der Waals surface area contributed by atoms with Crippen LogP contribution in [0.2, 0.25) is 0 Å². The molecule has 1 N–H and O–H groups in total. The smallest absolute Gasteiger partial charge is 0.109 e. The third-order valence-corrected chi connectivity index (χ3v) is 2.37. The summed E-state index contributed by atoms with van der Waals surface area (Å²) in [6, 6.07) is 9.61. The van der Waals surface area contributed by atoms with E-state index >= 15 is 0 Å². The largest absolute Gasteiger partial charge is 0.385 e. The molecule has 0 bridgehead atoms. The van der Waals surface area contributed by atoms with Gasteiger partial charge < -0.3 is 9.84 Å². The highest BCUT2D eigenvalue weighted by atomic mass is 16.5. The average Bonchev–Trinajstić information content (AvgIpc) is 2.35. The molecular weight excluding hydrogens is 200 g/mol. The predicted octanol–water partition coefficient (Wildman–Crippen LogP) is 3.09. The number of aliphatic hydroxyl groups excluding tert-OH is 1. The van der Waals surface area contributed by atoms with E-state index < -0.39 is 6.10 Å². The van der Waals surface area contributed by atoms with Crippen LogP contribution in [0.3, 0.4) is 0 Å². The third-order valence-electron chi connectivity index (χ3n) is 2.37. The van der Waals surface area contributed by atoms with Gasteiger partial charge in [0.1, 0.15) is 12.2 Å². The summed E-state index contributed by atoms with van der Waals surface area (Å²) in [6.07, 6.45) is 4.05. The molecule has 1 rings (SSSR count). The first-order valence-corrected chi connectivity index (χ1v) is 5.80. The van der Waals surface area contributed by atoms with Gasteiger partial charge >= 0.3 is 0 Å². The summed E-state index contributed by atoms with van der Waals surface area (Å²) < 4.78 is 5.52. The SMILES string of the molecule is CC/C=C/[C@H](OCC)[C@H](O)c1ccccc1. The molecule has 0 amide bonds. The van der Waals surface area contributed by atoms with Crippen LogP contribution in [0, 0.1) is 0 Å². The highest BCUT2D eigenvalue weighted by Crippen LogP contribution is 2.20. The monoisotopic (exact) mass is 220 g/mol. The minimum atomic E-state index is -0.594. The van der Waals surface area contributed by atoms with E-state index in [4.69, 9.17) is 4.74 Å². The lowest BCUT2D eigenvalue weighted by Crippen LogP contribution is -2.20. The van der Waals surface area contributed by atoms with Crippen molar-refractivity contribution < 1.29 is 9.84 Å². The molecule has 2 atom stereocenters. The zero-order valence-electron chi connectivity index (χ0n) is 9.97. The lowest BCUT2D eigenvalue weighted by atomic mass is 10.0. The maximum absolute atomic E-state index is 10.2. The molecule has 16 heavy (non-hydrogen) atoms. The van der Waals surface area contributed by atoms with Crippen LogP contribution in [0.25, 0.3) is 0 Å². The Morgan fingerprint density at radius 1 is 1.25 bits per heavy atom. The fraction of sp³-hybridized carbons (Fsp3) is 0.429. The van der Waals surface area contributed by atoms with Crippen LogP contribution < -0.4 is 0 Å². The average molecular weight is 220 g/mol. The molecule has 0 fully saturated rings. The number of ether oxygens (including phenoxy) is 1. The summed E-state index contributed by atoms with van der Waals surface area (Å²) in [5, 5.41) is 10.2. The molecule has 0 aromatic heterocycles. The summed E-state index contributed by atoms with van der Waals surface area (Å²) in [7, 11) is 0. The predicted molar refractivity (Wildman–Crippen MR) is 66.2 cm³/mol. The number of aliphatic hydroxyl groups is 1. The van der Waals surface area contributed by atoms with Gasteiger partial charge in [-0.2, -0.15) is 0 Å². The van der Waals surface area contributed by atoms with Gasteiger partial charge in [-0.1, -0.05) is 49.4 Å². The fourth-order valence-corrected chi connectivity index (χ4v) is 1.55. The van der Waals surface area contributed by atoms with Gasteiger partial charge in [-0.05, 0) is 18.9 Å². The number of hydrogen-bond acceptors (Lipinski definition) is 2. The van der Waals surface area contributed by atoms with Crippen molar-refractivity contribution in [1.29, 1.82) is 0 Å². The van der Waals surface area contributed by atoms with Crippen LogP contribution in [0.1, 0.15) is 31.9 Å². The number of benzene rings is 1. The second-order valence-corrected chi connectivity index (χ2v) is 3.61. The number of hydrogen-bond donors (Lipinski definition) is 1. The first-order chi connectivity index (χ1) is 7.79. The zero-order chi connectivity index (χ0) is 11.8. The van der Waals surface area contributed by atoms with Gasteiger partial charge in [0, 0.05) is 6.61 Å². The molecule has 0 radical (unpaired) electrons. The summed E-state index contributed by atoms with van der Waals surface area (Å²) in [5.74, 6) is 0. The molecule has 0 saturated carbocycles. The van der Waals surface area contributed by atoms with Crippen molar-refractivity contribution in [1.82, 2.24) is 0 Å². The maximum Gasteiger partial charge on any atom is 0.109 e. The second kappa shape index (κ2) is 7.20. The van der Waals surface area contributed by atoms with E-state index in [-0.39, 0.29) is 6.10 Å². The van der Waals surface area contributed by atoms with Crippen molar-refractivity contribution in [2.24, 2.45) is 0 Å². The van der Waals surface area contributed by atoms with Gasteiger partial charge in [0.2, 0.25) is 0 Å². The Morgan fingerprint density at radius 3 is 2.50 bits per heavy atom. The molecule has 0 aliphatic carbocycles. The van der Waals surface area contributed by atoms with E-state index in [9.17, 15) is 5.11 Å². The molecule has 2 nitrogen and oxygen atoms in total. The summed E-state index contributed by atoms with van der Waals surface area (Å²) >= 11 is 0. The molecule has 88 valence electrons. The highest BCUT2D eigenvalue weighted by molar-refractivity contribution is 5.19. The maximum atomic E-state index is 10.2. The van der Waals surface area contributed by atoms with E-state index in [2.05, 4.69) is 6.92 Å². The molecular formula is C14H20O2. The molecule has 2 heteroatoms. The second-order valence-electron chi connectivity index (χ2n) is 3.61. The molecule has 0 unspecified atom stereocenters. The van der Waals surface area contributed by atoms with Crippen LogP contribution in [-0.2, 0) is 4.74 Å². The van der Waals surface area contributed by atoms with Crippen molar-refractivity contribution in [2.75, 3.05) is 6.61 Å². The van der Waals surface area contributed by atoms with E-state index in [0.29, 0.717) is 6.61 Å². The van der Waals surface area contributed by atoms with Crippen molar-refractivity contribution in [3.05, 3.63) is 48.0 Å². The van der Waals surface area contributed by atoms with E-state index in [1.165, 1.54) is 0 Å². The van der Waals surface area contributed by atoms with Crippen LogP contribution in [0.15, 0.2) is 42.5 Å². The molecule has 1 aromatic carbocycles. The Hall–Kier alpha value is -1.12. The molecule has 0 saturated heterocycles. The minimum Gasteiger partial charge on any atom is -0.385 e. The standard InChI is InChI=1S/C14H20O2/c1-3-5-11-13(16-4-2)14(15)12-9-7-6-8-10-12/h5-11,13-15H,3-4H2,1-2H3/b11-5+/t13-,14+/m0/s1. The Labute approximate surface area is 97.6 Å². The zero-order valence-corrected chi connectivity index (χ0v) is 9.97.